The van der Waals surface area contributed by atoms with Gasteiger partial charge in [0.25, 0.3) is 0 Å². The van der Waals surface area contributed by atoms with E-state index in [1.54, 1.807) is 24.8 Å². The molecule has 0 aliphatic heterocycles. The number of aromatic nitrogens is 2. The highest BCUT2D eigenvalue weighted by Crippen LogP contribution is 2.16. The number of nitrogens with zero attached hydrogens (tertiary/aromatic N) is 2. The standard InChI is InChI=1S/C13H14ClN3/c1-10(11-2-5-15-6-3-11)17-8-12-4-7-16-9-13(12)14/h2-7,9-10,17H,8H2,1H3. The second kappa shape index (κ2) is 5.75. The molecule has 0 aliphatic carbocycles. The van der Waals surface area contributed by atoms with Crippen LogP contribution in [0.5, 0.6) is 0 Å². The molecule has 1 atom stereocenters. The average molecular weight is 248 g/mol. The Bertz CT molecular complexity index is 473. The van der Waals surface area contributed by atoms with Crippen molar-refractivity contribution in [2.75, 3.05) is 0 Å². The van der Waals surface area contributed by atoms with E-state index in [1.165, 1.54) is 5.56 Å². The number of pyridine rings is 2. The van der Waals surface area contributed by atoms with Crippen molar-refractivity contribution in [1.82, 2.24) is 15.3 Å². The predicted octanol–water partition coefficient (Wildman–Crippen LogP) is 2.98. The maximum absolute atomic E-state index is 6.04. The molecule has 0 bridgehead atoms. The van der Waals surface area contributed by atoms with E-state index in [0.717, 1.165) is 12.1 Å². The first-order chi connectivity index (χ1) is 8.27. The molecule has 3 nitrogen and oxygen atoms in total. The minimum absolute atomic E-state index is 0.266. The van der Waals surface area contributed by atoms with E-state index in [2.05, 4.69) is 22.2 Å². The van der Waals surface area contributed by atoms with Crippen molar-refractivity contribution >= 4 is 11.6 Å². The molecule has 0 saturated carbocycles. The zero-order valence-electron chi connectivity index (χ0n) is 9.60. The summed E-state index contributed by atoms with van der Waals surface area (Å²) in [5.74, 6) is 0. The summed E-state index contributed by atoms with van der Waals surface area (Å²) >= 11 is 6.04. The number of halogens is 1. The second-order valence-corrected chi connectivity index (χ2v) is 4.26. The summed E-state index contributed by atoms with van der Waals surface area (Å²) in [5.41, 5.74) is 2.27. The monoisotopic (exact) mass is 247 g/mol. The first-order valence-corrected chi connectivity index (χ1v) is 5.87. The fraction of sp³-hybridized carbons (Fsp3) is 0.231. The Kier molecular flexibility index (Phi) is 4.07. The SMILES string of the molecule is CC(NCc1ccncc1Cl)c1ccncc1. The molecule has 0 fully saturated rings. The first-order valence-electron chi connectivity index (χ1n) is 5.49. The molecule has 0 aliphatic rings. The molecule has 88 valence electrons. The summed E-state index contributed by atoms with van der Waals surface area (Å²) in [7, 11) is 0. The smallest absolute Gasteiger partial charge is 0.0634 e. The van der Waals surface area contributed by atoms with Gasteiger partial charge in [0.2, 0.25) is 0 Å². The van der Waals surface area contributed by atoms with Crippen molar-refractivity contribution in [3.05, 3.63) is 59.1 Å². The van der Waals surface area contributed by atoms with Gasteiger partial charge in [-0.2, -0.15) is 0 Å². The van der Waals surface area contributed by atoms with Crippen molar-refractivity contribution in [2.24, 2.45) is 0 Å². The van der Waals surface area contributed by atoms with E-state index in [1.807, 2.05) is 18.2 Å². The largest absolute Gasteiger partial charge is 0.306 e. The Morgan fingerprint density at radius 2 is 1.88 bits per heavy atom. The van der Waals surface area contributed by atoms with Crippen LogP contribution in [-0.4, -0.2) is 9.97 Å². The lowest BCUT2D eigenvalue weighted by molar-refractivity contribution is 0.574. The topological polar surface area (TPSA) is 37.8 Å². The number of nitrogens with one attached hydrogen (secondary N) is 1. The van der Waals surface area contributed by atoms with Crippen LogP contribution >= 0.6 is 11.6 Å². The van der Waals surface area contributed by atoms with Crippen LogP contribution in [0.3, 0.4) is 0 Å². The highest BCUT2D eigenvalue weighted by molar-refractivity contribution is 6.31. The van der Waals surface area contributed by atoms with Gasteiger partial charge in [-0.3, -0.25) is 9.97 Å². The minimum Gasteiger partial charge on any atom is -0.306 e. The van der Waals surface area contributed by atoms with Gasteiger partial charge >= 0.3 is 0 Å². The Morgan fingerprint density at radius 1 is 1.18 bits per heavy atom. The van der Waals surface area contributed by atoms with Crippen molar-refractivity contribution in [1.29, 1.82) is 0 Å². The van der Waals surface area contributed by atoms with Gasteiger partial charge in [0.15, 0.2) is 0 Å². The van der Waals surface area contributed by atoms with E-state index in [9.17, 15) is 0 Å². The van der Waals surface area contributed by atoms with Crippen molar-refractivity contribution in [2.45, 2.75) is 19.5 Å². The average Bonchev–Trinajstić information content (AvgIpc) is 2.38. The Hall–Kier alpha value is -1.45. The van der Waals surface area contributed by atoms with Gasteiger partial charge in [-0.05, 0) is 36.2 Å². The van der Waals surface area contributed by atoms with Crippen LogP contribution < -0.4 is 5.32 Å². The first kappa shape index (κ1) is 12.0. The third-order valence-corrected chi connectivity index (χ3v) is 3.00. The third kappa shape index (κ3) is 3.25. The van der Waals surface area contributed by atoms with Crippen LogP contribution in [0.25, 0.3) is 0 Å². The fourth-order valence-corrected chi connectivity index (χ4v) is 1.77. The Morgan fingerprint density at radius 3 is 2.59 bits per heavy atom. The molecule has 17 heavy (non-hydrogen) atoms. The highest BCUT2D eigenvalue weighted by Gasteiger charge is 2.05. The van der Waals surface area contributed by atoms with E-state index in [-0.39, 0.29) is 6.04 Å². The Balaban J connectivity index is 1.97. The van der Waals surface area contributed by atoms with Crippen molar-refractivity contribution in [3.63, 3.8) is 0 Å². The summed E-state index contributed by atoms with van der Waals surface area (Å²) in [6, 6.07) is 6.20. The fourth-order valence-electron chi connectivity index (χ4n) is 1.58. The normalized spacial score (nSPS) is 12.4. The summed E-state index contributed by atoms with van der Waals surface area (Å²) in [6.07, 6.45) is 7.01. The van der Waals surface area contributed by atoms with Crippen LogP contribution in [0.15, 0.2) is 43.0 Å². The number of rotatable bonds is 4. The van der Waals surface area contributed by atoms with E-state index in [0.29, 0.717) is 5.02 Å². The molecule has 2 rings (SSSR count). The van der Waals surface area contributed by atoms with Gasteiger partial charge in [0.05, 0.1) is 5.02 Å². The lowest BCUT2D eigenvalue weighted by Gasteiger charge is -2.14. The molecule has 2 aromatic rings. The lowest BCUT2D eigenvalue weighted by Crippen LogP contribution is -2.18. The molecule has 1 N–H and O–H groups in total. The van der Waals surface area contributed by atoms with Gasteiger partial charge in [-0.15, -0.1) is 0 Å². The molecule has 2 heterocycles. The lowest BCUT2D eigenvalue weighted by atomic mass is 10.1. The van der Waals surface area contributed by atoms with Gasteiger partial charge in [-0.1, -0.05) is 11.6 Å². The molecule has 0 amide bonds. The van der Waals surface area contributed by atoms with Crippen LogP contribution in [0, 0.1) is 0 Å². The predicted molar refractivity (Wildman–Crippen MR) is 68.7 cm³/mol. The summed E-state index contributed by atoms with van der Waals surface area (Å²) in [6.45, 7) is 2.84. The van der Waals surface area contributed by atoms with E-state index >= 15 is 0 Å². The van der Waals surface area contributed by atoms with E-state index < -0.39 is 0 Å². The highest BCUT2D eigenvalue weighted by atomic mass is 35.5. The number of hydrogen-bond acceptors (Lipinski definition) is 3. The maximum atomic E-state index is 6.04. The molecule has 2 aromatic heterocycles. The van der Waals surface area contributed by atoms with Crippen LogP contribution in [0.2, 0.25) is 5.02 Å². The molecule has 0 aromatic carbocycles. The van der Waals surface area contributed by atoms with Gasteiger partial charge in [-0.25, -0.2) is 0 Å². The zero-order valence-corrected chi connectivity index (χ0v) is 10.4. The molecule has 0 saturated heterocycles. The van der Waals surface area contributed by atoms with Crippen LogP contribution in [-0.2, 0) is 6.54 Å². The zero-order chi connectivity index (χ0) is 12.1. The van der Waals surface area contributed by atoms with Gasteiger partial charge < -0.3 is 5.32 Å². The number of hydrogen-bond donors (Lipinski definition) is 1. The molecular weight excluding hydrogens is 234 g/mol. The van der Waals surface area contributed by atoms with E-state index in [4.69, 9.17) is 11.6 Å². The summed E-state index contributed by atoms with van der Waals surface area (Å²) < 4.78 is 0. The second-order valence-electron chi connectivity index (χ2n) is 3.85. The van der Waals surface area contributed by atoms with Gasteiger partial charge in [0, 0.05) is 37.4 Å². The van der Waals surface area contributed by atoms with Crippen LogP contribution in [0.1, 0.15) is 24.1 Å². The molecule has 4 heteroatoms. The third-order valence-electron chi connectivity index (χ3n) is 2.66. The maximum Gasteiger partial charge on any atom is 0.0634 e. The molecule has 0 radical (unpaired) electrons. The summed E-state index contributed by atoms with van der Waals surface area (Å²) in [5, 5.41) is 4.11. The Labute approximate surface area is 106 Å². The molecule has 1 unspecified atom stereocenters. The quantitative estimate of drug-likeness (QED) is 0.903. The molecular formula is C13H14ClN3. The molecule has 0 spiro atoms. The summed E-state index contributed by atoms with van der Waals surface area (Å²) in [4.78, 5) is 7.97. The van der Waals surface area contributed by atoms with Crippen molar-refractivity contribution in [3.8, 4) is 0 Å². The van der Waals surface area contributed by atoms with Crippen molar-refractivity contribution < 1.29 is 0 Å². The van der Waals surface area contributed by atoms with Gasteiger partial charge in [0.1, 0.15) is 0 Å². The van der Waals surface area contributed by atoms with Crippen LogP contribution in [0.4, 0.5) is 0 Å². The minimum atomic E-state index is 0.266.